The van der Waals surface area contributed by atoms with Crippen LogP contribution in [0.1, 0.15) is 24.0 Å². The fraction of sp³-hybridized carbons (Fsp3) is 0.562. The van der Waals surface area contributed by atoms with Crippen molar-refractivity contribution in [1.29, 1.82) is 0 Å². The molecule has 1 saturated heterocycles. The number of nitrogens with zero attached hydrogens (tertiary/aromatic N) is 2. The van der Waals surface area contributed by atoms with Crippen LogP contribution in [-0.4, -0.2) is 54.4 Å². The van der Waals surface area contributed by atoms with Gasteiger partial charge in [-0.15, -0.1) is 0 Å². The maximum absolute atomic E-state index is 10.8. The zero-order valence-corrected chi connectivity index (χ0v) is 12.8. The number of methoxy groups -OCH3 is 1. The lowest BCUT2D eigenvalue weighted by Crippen LogP contribution is -2.38. The third-order valence-electron chi connectivity index (χ3n) is 3.97. The molecule has 1 N–H and O–H groups in total. The zero-order chi connectivity index (χ0) is 15.2. The van der Waals surface area contributed by atoms with Gasteiger partial charge in [-0.2, -0.15) is 0 Å². The minimum atomic E-state index is -0.905. The molecule has 1 aromatic rings. The SMILES string of the molecule is COC1CCCN(Cc2ccc(CN(C)C(=O)O)cc2)C1. The first-order valence-corrected chi connectivity index (χ1v) is 7.35. The molecule has 0 bridgehead atoms. The highest BCUT2D eigenvalue weighted by molar-refractivity contribution is 5.64. The standard InChI is InChI=1S/C16H24N2O3/c1-17(16(19)20)10-13-5-7-14(8-6-13)11-18-9-3-4-15(12-18)21-2/h5-8,15H,3-4,9-12H2,1-2H3,(H,19,20). The van der Waals surface area contributed by atoms with Crippen molar-refractivity contribution in [3.8, 4) is 0 Å². The van der Waals surface area contributed by atoms with Crippen LogP contribution >= 0.6 is 0 Å². The number of amides is 1. The van der Waals surface area contributed by atoms with Gasteiger partial charge in [0.1, 0.15) is 0 Å². The normalized spacial score (nSPS) is 19.4. The largest absolute Gasteiger partial charge is 0.465 e. The number of benzene rings is 1. The van der Waals surface area contributed by atoms with Crippen LogP contribution in [0.3, 0.4) is 0 Å². The van der Waals surface area contributed by atoms with Gasteiger partial charge in [0.2, 0.25) is 0 Å². The molecule has 5 heteroatoms. The lowest BCUT2D eigenvalue weighted by atomic mass is 10.1. The molecule has 1 aliphatic heterocycles. The average Bonchev–Trinajstić information content (AvgIpc) is 2.49. The maximum Gasteiger partial charge on any atom is 0.407 e. The van der Waals surface area contributed by atoms with Crippen molar-refractivity contribution in [2.24, 2.45) is 0 Å². The van der Waals surface area contributed by atoms with Crippen molar-refractivity contribution in [2.45, 2.75) is 32.0 Å². The summed E-state index contributed by atoms with van der Waals surface area (Å²) in [5.41, 5.74) is 2.27. The van der Waals surface area contributed by atoms with Crippen LogP contribution in [0.15, 0.2) is 24.3 Å². The first kappa shape index (κ1) is 15.8. The van der Waals surface area contributed by atoms with E-state index in [1.54, 1.807) is 14.2 Å². The molecule has 1 fully saturated rings. The lowest BCUT2D eigenvalue weighted by Gasteiger charge is -2.31. The van der Waals surface area contributed by atoms with E-state index < -0.39 is 6.09 Å². The zero-order valence-electron chi connectivity index (χ0n) is 12.8. The van der Waals surface area contributed by atoms with E-state index in [9.17, 15) is 4.79 Å². The van der Waals surface area contributed by atoms with Crippen LogP contribution in [0.25, 0.3) is 0 Å². The van der Waals surface area contributed by atoms with Gasteiger partial charge in [0.15, 0.2) is 0 Å². The van der Waals surface area contributed by atoms with Gasteiger partial charge >= 0.3 is 6.09 Å². The molecule has 116 valence electrons. The number of rotatable bonds is 5. The first-order chi connectivity index (χ1) is 10.1. The fourth-order valence-corrected chi connectivity index (χ4v) is 2.70. The second kappa shape index (κ2) is 7.43. The Kier molecular flexibility index (Phi) is 5.59. The van der Waals surface area contributed by atoms with Gasteiger partial charge in [-0.25, -0.2) is 4.79 Å². The third-order valence-corrected chi connectivity index (χ3v) is 3.97. The Morgan fingerprint density at radius 3 is 2.67 bits per heavy atom. The number of hydrogen-bond acceptors (Lipinski definition) is 3. The second-order valence-corrected chi connectivity index (χ2v) is 5.69. The summed E-state index contributed by atoms with van der Waals surface area (Å²) in [7, 11) is 3.36. The van der Waals surface area contributed by atoms with Crippen molar-refractivity contribution in [2.75, 3.05) is 27.2 Å². The number of piperidine rings is 1. The maximum atomic E-state index is 10.8. The summed E-state index contributed by atoms with van der Waals surface area (Å²) in [5.74, 6) is 0. The molecule has 1 aliphatic rings. The Balaban J connectivity index is 1.88. The average molecular weight is 292 g/mol. The molecule has 1 amide bonds. The van der Waals surface area contributed by atoms with Crippen LogP contribution in [0.5, 0.6) is 0 Å². The summed E-state index contributed by atoms with van der Waals surface area (Å²) in [6.07, 6.45) is 1.77. The Hall–Kier alpha value is -1.59. The summed E-state index contributed by atoms with van der Waals surface area (Å²) < 4.78 is 5.44. The molecule has 2 rings (SSSR count). The molecular formula is C16H24N2O3. The summed E-state index contributed by atoms with van der Waals surface area (Å²) in [5, 5.41) is 8.87. The van der Waals surface area contributed by atoms with Crippen LogP contribution in [0.4, 0.5) is 4.79 Å². The highest BCUT2D eigenvalue weighted by atomic mass is 16.5. The molecule has 0 aliphatic carbocycles. The molecule has 0 saturated carbocycles. The quantitative estimate of drug-likeness (QED) is 0.905. The monoisotopic (exact) mass is 292 g/mol. The number of carboxylic acid groups (broad SMARTS) is 1. The van der Waals surface area contributed by atoms with Crippen molar-refractivity contribution < 1.29 is 14.6 Å². The van der Waals surface area contributed by atoms with Gasteiger partial charge in [0.25, 0.3) is 0 Å². The molecule has 1 heterocycles. The van der Waals surface area contributed by atoms with E-state index in [1.807, 2.05) is 12.1 Å². The predicted octanol–water partition coefficient (Wildman–Crippen LogP) is 2.41. The predicted molar refractivity (Wildman–Crippen MR) is 81.2 cm³/mol. The second-order valence-electron chi connectivity index (χ2n) is 5.69. The van der Waals surface area contributed by atoms with Gasteiger partial charge in [-0.05, 0) is 30.5 Å². The fourth-order valence-electron chi connectivity index (χ4n) is 2.70. The molecule has 0 spiro atoms. The van der Waals surface area contributed by atoms with E-state index in [2.05, 4.69) is 17.0 Å². The number of ether oxygens (including phenoxy) is 1. The summed E-state index contributed by atoms with van der Waals surface area (Å²) >= 11 is 0. The van der Waals surface area contributed by atoms with Crippen molar-refractivity contribution in [3.05, 3.63) is 35.4 Å². The topological polar surface area (TPSA) is 53.0 Å². The molecule has 0 radical (unpaired) electrons. The minimum Gasteiger partial charge on any atom is -0.465 e. The number of likely N-dealkylation sites (tertiary alicyclic amines) is 1. The molecular weight excluding hydrogens is 268 g/mol. The van der Waals surface area contributed by atoms with Crippen molar-refractivity contribution >= 4 is 6.09 Å². The van der Waals surface area contributed by atoms with E-state index >= 15 is 0 Å². The van der Waals surface area contributed by atoms with E-state index in [1.165, 1.54) is 16.9 Å². The molecule has 21 heavy (non-hydrogen) atoms. The van der Waals surface area contributed by atoms with E-state index in [4.69, 9.17) is 9.84 Å². The van der Waals surface area contributed by atoms with Crippen molar-refractivity contribution in [1.82, 2.24) is 9.80 Å². The highest BCUT2D eigenvalue weighted by Gasteiger charge is 2.19. The van der Waals surface area contributed by atoms with Crippen LogP contribution in [-0.2, 0) is 17.8 Å². The summed E-state index contributed by atoms with van der Waals surface area (Å²) in [4.78, 5) is 14.5. The third kappa shape index (κ3) is 4.72. The van der Waals surface area contributed by atoms with Gasteiger partial charge in [-0.1, -0.05) is 24.3 Å². The van der Waals surface area contributed by atoms with E-state index in [0.717, 1.165) is 31.6 Å². The first-order valence-electron chi connectivity index (χ1n) is 7.35. The van der Waals surface area contributed by atoms with Crippen LogP contribution in [0, 0.1) is 0 Å². The van der Waals surface area contributed by atoms with Gasteiger partial charge < -0.3 is 14.7 Å². The van der Waals surface area contributed by atoms with Gasteiger partial charge in [0, 0.05) is 33.8 Å². The van der Waals surface area contributed by atoms with Gasteiger partial charge in [-0.3, -0.25) is 4.90 Å². The Morgan fingerprint density at radius 2 is 2.05 bits per heavy atom. The number of hydrogen-bond donors (Lipinski definition) is 1. The van der Waals surface area contributed by atoms with Crippen LogP contribution < -0.4 is 0 Å². The van der Waals surface area contributed by atoms with Gasteiger partial charge in [0.05, 0.1) is 6.10 Å². The van der Waals surface area contributed by atoms with E-state index in [0.29, 0.717) is 12.6 Å². The summed E-state index contributed by atoms with van der Waals surface area (Å²) in [6, 6.07) is 8.18. The Labute approximate surface area is 126 Å². The smallest absolute Gasteiger partial charge is 0.407 e. The summed E-state index contributed by atoms with van der Waals surface area (Å²) in [6.45, 7) is 3.45. The van der Waals surface area contributed by atoms with Crippen LogP contribution in [0.2, 0.25) is 0 Å². The Morgan fingerprint density at radius 1 is 1.38 bits per heavy atom. The lowest BCUT2D eigenvalue weighted by molar-refractivity contribution is 0.0285. The molecule has 1 unspecified atom stereocenters. The van der Waals surface area contributed by atoms with Crippen molar-refractivity contribution in [3.63, 3.8) is 0 Å². The molecule has 1 aromatic carbocycles. The van der Waals surface area contributed by atoms with E-state index in [-0.39, 0.29) is 0 Å². The highest BCUT2D eigenvalue weighted by Crippen LogP contribution is 2.16. The molecule has 5 nitrogen and oxygen atoms in total. The minimum absolute atomic E-state index is 0.349. The number of carbonyl (C=O) groups is 1. The Bertz CT molecular complexity index is 461. The molecule has 1 atom stereocenters. The molecule has 0 aromatic heterocycles.